The third kappa shape index (κ3) is 8.83. The van der Waals surface area contributed by atoms with Crippen LogP contribution in [0.4, 0.5) is 0 Å². The smallest absolute Gasteiger partial charge is 0.332 e. The predicted molar refractivity (Wildman–Crippen MR) is 200 cm³/mol. The van der Waals surface area contributed by atoms with Crippen LogP contribution in [0.3, 0.4) is 0 Å². The highest BCUT2D eigenvalue weighted by Crippen LogP contribution is 2.46. The summed E-state index contributed by atoms with van der Waals surface area (Å²) in [4.78, 5) is 61.9. The molecule has 2 amide bonds. The molecule has 3 aromatic rings. The van der Waals surface area contributed by atoms with Gasteiger partial charge in [0.15, 0.2) is 0 Å². The lowest BCUT2D eigenvalue weighted by Gasteiger charge is -2.29. The van der Waals surface area contributed by atoms with Gasteiger partial charge >= 0.3 is 11.9 Å². The zero-order valence-corrected chi connectivity index (χ0v) is 31.4. The molecule has 2 fully saturated rings. The Bertz CT molecular complexity index is 1850. The lowest BCUT2D eigenvalue weighted by molar-refractivity contribution is -0.159. The third-order valence-electron chi connectivity index (χ3n) is 10.2. The summed E-state index contributed by atoms with van der Waals surface area (Å²) < 4.78 is 23.3. The molecule has 0 spiro atoms. The molecule has 11 nitrogen and oxygen atoms in total. The number of fused-ring (bicyclic) bond motifs is 3. The first-order valence-corrected chi connectivity index (χ1v) is 18.8. The minimum absolute atomic E-state index is 0.0987. The summed E-state index contributed by atoms with van der Waals surface area (Å²) in [6.45, 7) is 7.42. The number of nitrogens with one attached hydrogen (secondary N) is 1. The number of amides is 2. The third-order valence-corrected chi connectivity index (χ3v) is 10.2. The highest BCUT2D eigenvalue weighted by Gasteiger charge is 2.62. The van der Waals surface area contributed by atoms with Crippen LogP contribution in [0.2, 0.25) is 0 Å². The fourth-order valence-electron chi connectivity index (χ4n) is 7.45. The number of carbonyl (C=O) groups is 4. The van der Waals surface area contributed by atoms with Crippen LogP contribution in [0.5, 0.6) is 11.5 Å². The summed E-state index contributed by atoms with van der Waals surface area (Å²) in [5.41, 5.74) is 0.365. The number of esters is 2. The van der Waals surface area contributed by atoms with Gasteiger partial charge in [0, 0.05) is 41.3 Å². The number of carbonyl (C=O) groups excluding carboxylic acids is 4. The number of aromatic nitrogens is 1. The molecular weight excluding hydrogens is 674 g/mol. The Hall–Kier alpha value is -4.93. The molecule has 11 heteroatoms. The van der Waals surface area contributed by atoms with Crippen molar-refractivity contribution in [1.29, 1.82) is 0 Å². The van der Waals surface area contributed by atoms with Gasteiger partial charge < -0.3 is 29.2 Å². The van der Waals surface area contributed by atoms with E-state index in [1.165, 1.54) is 0 Å². The summed E-state index contributed by atoms with van der Waals surface area (Å²) in [6.07, 6.45) is 7.77. The van der Waals surface area contributed by atoms with Gasteiger partial charge in [0.1, 0.15) is 34.8 Å². The normalized spacial score (nSPS) is 25.0. The van der Waals surface area contributed by atoms with E-state index in [0.29, 0.717) is 35.6 Å². The number of allylic oxidation sites excluding steroid dienone is 1. The number of benzene rings is 2. The van der Waals surface area contributed by atoms with Gasteiger partial charge in [-0.1, -0.05) is 55.3 Å². The van der Waals surface area contributed by atoms with Crippen LogP contribution in [0.15, 0.2) is 66.7 Å². The summed E-state index contributed by atoms with van der Waals surface area (Å²) in [5.74, 6) is -1.39. The summed E-state index contributed by atoms with van der Waals surface area (Å²) in [6, 6.07) is 16.3. The standard InChI is InChI=1S/C42H51N3O8/c1-6-51-40(49)42-25-29(42)18-14-9-7-8-11-17-28(21-37(46)53-41(2,3)4)39(48)45-26-31(23-35(45)38(47)44-42)52-36-24-33(27-15-12-10-13-16-27)43-34-22-30(50-5)19-20-32(34)36/h10,12-16,18-20,22,24,28-29,31,35H,6-9,11,17,21,23,25-26H2,1-5H3,(H,44,47)/t28-,29+,31-,35+,42+/m1/s1. The summed E-state index contributed by atoms with van der Waals surface area (Å²) in [7, 11) is 1.60. The van der Waals surface area contributed by atoms with Crippen molar-refractivity contribution in [3.05, 3.63) is 66.7 Å². The zero-order chi connectivity index (χ0) is 37.8. The monoisotopic (exact) mass is 725 g/mol. The Labute approximate surface area is 311 Å². The molecular formula is C42H51N3O8. The second kappa shape index (κ2) is 16.0. The number of pyridine rings is 1. The van der Waals surface area contributed by atoms with Crippen LogP contribution >= 0.6 is 0 Å². The first-order valence-electron chi connectivity index (χ1n) is 18.8. The molecule has 282 valence electrons. The topological polar surface area (TPSA) is 133 Å². The molecule has 3 heterocycles. The second-order valence-corrected chi connectivity index (χ2v) is 15.3. The maximum Gasteiger partial charge on any atom is 0.332 e. The van der Waals surface area contributed by atoms with Gasteiger partial charge in [-0.25, -0.2) is 9.78 Å². The van der Waals surface area contributed by atoms with Gasteiger partial charge in [-0.3, -0.25) is 14.4 Å². The van der Waals surface area contributed by atoms with Crippen LogP contribution in [0, 0.1) is 11.8 Å². The lowest BCUT2D eigenvalue weighted by Crippen LogP contribution is -2.54. The van der Waals surface area contributed by atoms with Gasteiger partial charge in [-0.15, -0.1) is 0 Å². The van der Waals surface area contributed by atoms with Gasteiger partial charge in [-0.05, 0) is 65.5 Å². The van der Waals surface area contributed by atoms with Crippen LogP contribution < -0.4 is 14.8 Å². The largest absolute Gasteiger partial charge is 0.497 e. The molecule has 0 unspecified atom stereocenters. The molecule has 1 saturated carbocycles. The van der Waals surface area contributed by atoms with E-state index in [-0.39, 0.29) is 37.8 Å². The van der Waals surface area contributed by atoms with Gasteiger partial charge in [0.25, 0.3) is 0 Å². The Morgan fingerprint density at radius 3 is 2.57 bits per heavy atom. The van der Waals surface area contributed by atoms with Gasteiger partial charge in [0.05, 0.1) is 37.9 Å². The fraction of sp³-hybridized carbons (Fsp3) is 0.500. The first kappa shape index (κ1) is 37.8. The van der Waals surface area contributed by atoms with Gasteiger partial charge in [0.2, 0.25) is 11.8 Å². The van der Waals surface area contributed by atoms with Crippen molar-refractivity contribution in [3.8, 4) is 22.8 Å². The minimum Gasteiger partial charge on any atom is -0.497 e. The Balaban J connectivity index is 1.35. The number of nitrogens with zero attached hydrogens (tertiary/aromatic N) is 2. The van der Waals surface area contributed by atoms with Crippen molar-refractivity contribution >= 4 is 34.7 Å². The molecule has 1 N–H and O–H groups in total. The highest BCUT2D eigenvalue weighted by molar-refractivity contribution is 5.96. The highest BCUT2D eigenvalue weighted by atomic mass is 16.6. The Morgan fingerprint density at radius 2 is 1.83 bits per heavy atom. The maximum atomic E-state index is 14.6. The number of hydrogen-bond acceptors (Lipinski definition) is 9. The maximum absolute atomic E-state index is 14.6. The van der Waals surface area contributed by atoms with Crippen molar-refractivity contribution < 1.29 is 38.1 Å². The number of hydrogen-bond donors (Lipinski definition) is 1. The van der Waals surface area contributed by atoms with E-state index in [2.05, 4.69) is 11.4 Å². The molecule has 1 saturated heterocycles. The molecule has 5 atom stereocenters. The van der Waals surface area contributed by atoms with Crippen molar-refractivity contribution in [3.63, 3.8) is 0 Å². The fourth-order valence-corrected chi connectivity index (χ4v) is 7.45. The SMILES string of the molecule is CCOC(=O)[C@]12C[C@@H]1C=CCCCCC[C@H](CC(=O)OC(C)(C)C)C(=O)N1C[C@H](Oc3cc(-c4ccccc4)nc4cc(OC)ccc34)C[C@H]1C(=O)N2. The van der Waals surface area contributed by atoms with E-state index < -0.39 is 47.0 Å². The molecule has 2 aromatic carbocycles. The van der Waals surface area contributed by atoms with Crippen LogP contribution in [0.1, 0.15) is 79.1 Å². The van der Waals surface area contributed by atoms with Crippen molar-refractivity contribution in [2.24, 2.45) is 11.8 Å². The Kier molecular flexibility index (Phi) is 11.4. The first-order chi connectivity index (χ1) is 25.4. The number of methoxy groups -OCH3 is 1. The van der Waals surface area contributed by atoms with E-state index in [4.69, 9.17) is 23.9 Å². The lowest BCUT2D eigenvalue weighted by atomic mass is 9.95. The van der Waals surface area contributed by atoms with Crippen molar-refractivity contribution in [2.45, 2.75) is 102 Å². The molecule has 0 radical (unpaired) electrons. The summed E-state index contributed by atoms with van der Waals surface area (Å²) in [5, 5.41) is 3.78. The predicted octanol–water partition coefficient (Wildman–Crippen LogP) is 6.57. The second-order valence-electron chi connectivity index (χ2n) is 15.3. The quantitative estimate of drug-likeness (QED) is 0.202. The molecule has 0 bridgehead atoms. The summed E-state index contributed by atoms with van der Waals surface area (Å²) >= 11 is 0. The van der Waals surface area contributed by atoms with Gasteiger partial charge in [-0.2, -0.15) is 0 Å². The van der Waals surface area contributed by atoms with E-state index in [0.717, 1.165) is 36.6 Å². The van der Waals surface area contributed by atoms with Crippen LogP contribution in [-0.4, -0.2) is 77.2 Å². The van der Waals surface area contributed by atoms with E-state index in [1.807, 2.05) is 60.7 Å². The molecule has 3 aliphatic rings. The zero-order valence-electron chi connectivity index (χ0n) is 31.4. The number of ether oxygens (including phenoxy) is 4. The van der Waals surface area contributed by atoms with Crippen molar-refractivity contribution in [2.75, 3.05) is 20.3 Å². The minimum atomic E-state index is -1.20. The Morgan fingerprint density at radius 1 is 1.04 bits per heavy atom. The molecule has 6 rings (SSSR count). The van der Waals surface area contributed by atoms with Crippen molar-refractivity contribution in [1.82, 2.24) is 15.2 Å². The van der Waals surface area contributed by atoms with E-state index in [1.54, 1.807) is 39.7 Å². The molecule has 53 heavy (non-hydrogen) atoms. The van der Waals surface area contributed by atoms with Crippen LogP contribution in [-0.2, 0) is 28.7 Å². The van der Waals surface area contributed by atoms with E-state index >= 15 is 0 Å². The van der Waals surface area contributed by atoms with E-state index in [9.17, 15) is 19.2 Å². The number of rotatable bonds is 8. The average molecular weight is 726 g/mol. The molecule has 1 aliphatic carbocycles. The molecule has 2 aliphatic heterocycles. The molecule has 1 aromatic heterocycles. The average Bonchev–Trinajstić information content (AvgIpc) is 3.66. The van der Waals surface area contributed by atoms with Crippen LogP contribution in [0.25, 0.3) is 22.2 Å².